The molecule has 7 rings (SSSR count). The summed E-state index contributed by atoms with van der Waals surface area (Å²) in [6.45, 7) is 0. The summed E-state index contributed by atoms with van der Waals surface area (Å²) in [5, 5.41) is 22.6. The molecule has 0 spiro atoms. The topological polar surface area (TPSA) is 198 Å². The fourth-order valence-electron chi connectivity index (χ4n) is 5.57. The highest BCUT2D eigenvalue weighted by atomic mass is 16.6. The first-order valence-corrected chi connectivity index (χ1v) is 13.0. The van der Waals surface area contributed by atoms with Gasteiger partial charge in [0, 0.05) is 24.3 Å². The molecule has 3 heterocycles. The van der Waals surface area contributed by atoms with Crippen molar-refractivity contribution in [2.75, 3.05) is 14.7 Å². The maximum absolute atomic E-state index is 13.7. The Kier molecular flexibility index (Phi) is 5.57. The van der Waals surface area contributed by atoms with Gasteiger partial charge in [-0.2, -0.15) is 0 Å². The summed E-state index contributed by atoms with van der Waals surface area (Å²) in [4.78, 5) is 104. The van der Waals surface area contributed by atoms with Crippen LogP contribution in [0, 0.1) is 20.2 Å². The van der Waals surface area contributed by atoms with Crippen molar-refractivity contribution in [2.24, 2.45) is 0 Å². The van der Waals surface area contributed by atoms with Gasteiger partial charge in [-0.25, -0.2) is 14.7 Å². The van der Waals surface area contributed by atoms with E-state index in [1.165, 1.54) is 24.3 Å². The molecule has 0 atom stereocenters. The Morgan fingerprint density at radius 3 is 1.31 bits per heavy atom. The number of rotatable bonds is 5. The van der Waals surface area contributed by atoms with Gasteiger partial charge in [0.05, 0.1) is 60.3 Å². The second-order valence-electron chi connectivity index (χ2n) is 10.0. The van der Waals surface area contributed by atoms with E-state index in [1.54, 1.807) is 12.1 Å². The van der Waals surface area contributed by atoms with Gasteiger partial charge in [-0.05, 0) is 42.5 Å². The quantitative estimate of drug-likeness (QED) is 0.183. The molecule has 218 valence electrons. The molecule has 0 aromatic heterocycles. The summed E-state index contributed by atoms with van der Waals surface area (Å²) in [5.74, 6) is -5.31. The van der Waals surface area contributed by atoms with E-state index in [-0.39, 0.29) is 50.4 Å². The predicted molar refractivity (Wildman–Crippen MR) is 152 cm³/mol. The van der Waals surface area contributed by atoms with Crippen molar-refractivity contribution >= 4 is 63.9 Å². The van der Waals surface area contributed by atoms with Crippen LogP contribution in [0.15, 0.2) is 78.9 Å². The number of fused-ring (bicyclic) bond motifs is 3. The maximum Gasteiger partial charge on any atom is 0.270 e. The Morgan fingerprint density at radius 1 is 0.422 bits per heavy atom. The number of hydrogen-bond donors (Lipinski definition) is 0. The minimum atomic E-state index is -1.02. The van der Waals surface area contributed by atoms with E-state index in [0.29, 0.717) is 9.80 Å². The van der Waals surface area contributed by atoms with E-state index >= 15 is 0 Å². The van der Waals surface area contributed by atoms with Crippen molar-refractivity contribution in [1.82, 2.24) is 0 Å². The van der Waals surface area contributed by atoms with Gasteiger partial charge in [0.15, 0.2) is 0 Å². The molecule has 45 heavy (non-hydrogen) atoms. The molecule has 0 bridgehead atoms. The normalized spacial score (nSPS) is 15.2. The van der Waals surface area contributed by atoms with Crippen molar-refractivity contribution in [2.45, 2.75) is 0 Å². The molecular formula is C30H13N5O10. The zero-order valence-corrected chi connectivity index (χ0v) is 22.3. The van der Waals surface area contributed by atoms with E-state index in [0.717, 1.165) is 47.4 Å². The monoisotopic (exact) mass is 603 g/mol. The fraction of sp³-hybridized carbons (Fsp3) is 0. The van der Waals surface area contributed by atoms with E-state index in [9.17, 15) is 49.0 Å². The molecule has 0 fully saturated rings. The smallest absolute Gasteiger partial charge is 0.268 e. The predicted octanol–water partition coefficient (Wildman–Crippen LogP) is 3.90. The first-order valence-electron chi connectivity index (χ1n) is 13.0. The lowest BCUT2D eigenvalue weighted by atomic mass is 10.1. The van der Waals surface area contributed by atoms with Crippen molar-refractivity contribution in [3.05, 3.63) is 132 Å². The molecule has 3 aliphatic heterocycles. The van der Waals surface area contributed by atoms with E-state index in [1.807, 2.05) is 0 Å². The number of non-ortho nitro benzene ring substituents is 2. The zero-order valence-electron chi connectivity index (χ0n) is 22.3. The maximum atomic E-state index is 13.7. The van der Waals surface area contributed by atoms with Crippen LogP contribution in [0.1, 0.15) is 62.1 Å². The lowest BCUT2D eigenvalue weighted by molar-refractivity contribution is -0.385. The molecule has 0 saturated carbocycles. The van der Waals surface area contributed by atoms with Gasteiger partial charge in [0.1, 0.15) is 0 Å². The second kappa shape index (κ2) is 9.30. The van der Waals surface area contributed by atoms with Gasteiger partial charge < -0.3 is 0 Å². The van der Waals surface area contributed by atoms with Gasteiger partial charge in [-0.1, -0.05) is 12.1 Å². The Balaban J connectivity index is 1.39. The highest BCUT2D eigenvalue weighted by molar-refractivity contribution is 6.40. The van der Waals surface area contributed by atoms with Gasteiger partial charge in [0.25, 0.3) is 46.8 Å². The second-order valence-corrected chi connectivity index (χ2v) is 10.0. The summed E-state index contributed by atoms with van der Waals surface area (Å²) in [6, 6.07) is 15.5. The first-order chi connectivity index (χ1) is 21.5. The number of benzene rings is 4. The number of amides is 6. The average molecular weight is 603 g/mol. The van der Waals surface area contributed by atoms with Crippen molar-refractivity contribution in [1.29, 1.82) is 0 Å². The van der Waals surface area contributed by atoms with Crippen LogP contribution in [0.2, 0.25) is 0 Å². The molecule has 0 N–H and O–H groups in total. The Bertz CT molecular complexity index is 2140. The van der Waals surface area contributed by atoms with Gasteiger partial charge in [0.2, 0.25) is 0 Å². The van der Waals surface area contributed by atoms with E-state index < -0.39 is 56.7 Å². The number of hydrogen-bond acceptors (Lipinski definition) is 10. The third-order valence-corrected chi connectivity index (χ3v) is 7.65. The Hall–Kier alpha value is -6.90. The Morgan fingerprint density at radius 2 is 0.822 bits per heavy atom. The number of nitro groups is 2. The third kappa shape index (κ3) is 3.70. The highest BCUT2D eigenvalue weighted by Gasteiger charge is 2.45. The Labute approximate surface area is 249 Å². The first kappa shape index (κ1) is 27.0. The van der Waals surface area contributed by atoms with Crippen molar-refractivity contribution in [3.63, 3.8) is 0 Å². The summed E-state index contributed by atoms with van der Waals surface area (Å²) in [7, 11) is 0. The number of imide groups is 3. The van der Waals surface area contributed by atoms with E-state index in [2.05, 4.69) is 0 Å². The van der Waals surface area contributed by atoms with Crippen LogP contribution in [0.25, 0.3) is 0 Å². The molecule has 15 nitrogen and oxygen atoms in total. The standard InChI is InChI=1S/C30H13N5O10/c36-25-19-8-5-15(34(42)43)11-21(19)29(40)31(25)14-7-10-23(32-26(37)17-3-1-2-4-18(17)27(32)38)24(13-14)33-28(39)20-9-6-16(35(44)45)12-22(20)30(33)41/h1-13H. The van der Waals surface area contributed by atoms with Crippen molar-refractivity contribution in [3.8, 4) is 0 Å². The molecule has 0 aliphatic carbocycles. The molecule has 6 amide bonds. The third-order valence-electron chi connectivity index (χ3n) is 7.65. The summed E-state index contributed by atoms with van der Waals surface area (Å²) < 4.78 is 0. The average Bonchev–Trinajstić information content (AvgIpc) is 3.55. The van der Waals surface area contributed by atoms with Crippen LogP contribution in [0.5, 0.6) is 0 Å². The number of nitro benzene ring substituents is 2. The number of carbonyl (C=O) groups excluding carboxylic acids is 6. The van der Waals surface area contributed by atoms with Gasteiger partial charge in [-0.15, -0.1) is 0 Å². The number of nitrogens with zero attached hydrogens (tertiary/aromatic N) is 5. The molecule has 4 aromatic carbocycles. The largest absolute Gasteiger partial charge is 0.270 e. The minimum Gasteiger partial charge on any atom is -0.268 e. The SMILES string of the molecule is O=C1c2ccc([N+](=O)[O-])cc2C(=O)N1c1ccc(N2C(=O)c3ccccc3C2=O)c(N2C(=O)c3ccc([N+](=O)[O-])cc3C2=O)c1. The number of anilines is 3. The highest BCUT2D eigenvalue weighted by Crippen LogP contribution is 2.43. The van der Waals surface area contributed by atoms with Crippen LogP contribution in [0.4, 0.5) is 28.4 Å². The zero-order chi connectivity index (χ0) is 31.9. The summed E-state index contributed by atoms with van der Waals surface area (Å²) >= 11 is 0. The molecular weight excluding hydrogens is 590 g/mol. The van der Waals surface area contributed by atoms with Gasteiger partial charge >= 0.3 is 0 Å². The molecule has 15 heteroatoms. The van der Waals surface area contributed by atoms with Crippen LogP contribution < -0.4 is 14.7 Å². The molecule has 0 radical (unpaired) electrons. The van der Waals surface area contributed by atoms with Crippen LogP contribution >= 0.6 is 0 Å². The van der Waals surface area contributed by atoms with Crippen LogP contribution in [-0.2, 0) is 0 Å². The molecule has 0 unspecified atom stereocenters. The van der Waals surface area contributed by atoms with Gasteiger partial charge in [-0.3, -0.25) is 49.0 Å². The molecule has 0 saturated heterocycles. The van der Waals surface area contributed by atoms with Crippen LogP contribution in [0.3, 0.4) is 0 Å². The lowest BCUT2D eigenvalue weighted by Gasteiger charge is -2.25. The minimum absolute atomic E-state index is 0.0532. The lowest BCUT2D eigenvalue weighted by Crippen LogP contribution is -2.36. The number of carbonyl (C=O) groups is 6. The van der Waals surface area contributed by atoms with Crippen LogP contribution in [-0.4, -0.2) is 45.3 Å². The van der Waals surface area contributed by atoms with Crippen molar-refractivity contribution < 1.29 is 38.6 Å². The fourth-order valence-corrected chi connectivity index (χ4v) is 5.57. The summed E-state index contributed by atoms with van der Waals surface area (Å²) in [6.07, 6.45) is 0. The molecule has 3 aliphatic rings. The summed E-state index contributed by atoms with van der Waals surface area (Å²) in [5.41, 5.74) is -2.52. The van der Waals surface area contributed by atoms with E-state index in [4.69, 9.17) is 0 Å². The molecule has 4 aromatic rings.